The molecule has 1 N–H and O–H groups in total. The van der Waals surface area contributed by atoms with Gasteiger partial charge >= 0.3 is 0 Å². The van der Waals surface area contributed by atoms with Crippen LogP contribution in [0.3, 0.4) is 0 Å². The minimum atomic E-state index is -0.160. The average molecular weight is 228 g/mol. The van der Waals surface area contributed by atoms with Crippen molar-refractivity contribution >= 4 is 11.6 Å². The molecule has 1 atom stereocenters. The number of hydrogen-bond acceptors (Lipinski definition) is 1. The Morgan fingerprint density at radius 3 is 3.00 bits per heavy atom. The van der Waals surface area contributed by atoms with Crippen molar-refractivity contribution < 1.29 is 4.39 Å². The van der Waals surface area contributed by atoms with E-state index in [4.69, 9.17) is 11.6 Å². The average Bonchev–Trinajstić information content (AvgIpc) is 2.67. The van der Waals surface area contributed by atoms with Crippen molar-refractivity contribution in [1.82, 2.24) is 5.32 Å². The number of aryl methyl sites for hydroxylation is 1. The van der Waals surface area contributed by atoms with Gasteiger partial charge in [-0.05, 0) is 56.0 Å². The summed E-state index contributed by atoms with van der Waals surface area (Å²) in [5.74, 6) is -0.160. The number of rotatable bonds is 2. The molecule has 1 fully saturated rings. The highest BCUT2D eigenvalue weighted by molar-refractivity contribution is 6.31. The quantitative estimate of drug-likeness (QED) is 0.819. The first kappa shape index (κ1) is 10.9. The lowest BCUT2D eigenvalue weighted by Crippen LogP contribution is -2.23. The first-order valence-corrected chi connectivity index (χ1v) is 5.72. The SMILES string of the molecule is Cc1cc(Cl)c(CC2CCCN2)cc1F. The summed E-state index contributed by atoms with van der Waals surface area (Å²) < 4.78 is 13.4. The number of nitrogens with one attached hydrogen (secondary N) is 1. The van der Waals surface area contributed by atoms with E-state index in [0.29, 0.717) is 16.6 Å². The summed E-state index contributed by atoms with van der Waals surface area (Å²) in [5.41, 5.74) is 1.53. The maximum Gasteiger partial charge on any atom is 0.126 e. The predicted molar refractivity (Wildman–Crippen MR) is 60.9 cm³/mol. The van der Waals surface area contributed by atoms with Crippen LogP contribution in [-0.4, -0.2) is 12.6 Å². The molecule has 0 radical (unpaired) electrons. The van der Waals surface area contributed by atoms with Gasteiger partial charge in [-0.25, -0.2) is 4.39 Å². The minimum absolute atomic E-state index is 0.160. The summed E-state index contributed by atoms with van der Waals surface area (Å²) in [6, 6.07) is 3.74. The van der Waals surface area contributed by atoms with Gasteiger partial charge in [-0.2, -0.15) is 0 Å². The van der Waals surface area contributed by atoms with Gasteiger partial charge < -0.3 is 5.32 Å². The molecule has 1 aromatic rings. The molecule has 15 heavy (non-hydrogen) atoms. The van der Waals surface area contributed by atoms with Gasteiger partial charge in [0, 0.05) is 11.1 Å². The van der Waals surface area contributed by atoms with Gasteiger partial charge in [-0.3, -0.25) is 0 Å². The van der Waals surface area contributed by atoms with Crippen LogP contribution in [0.2, 0.25) is 5.02 Å². The molecule has 1 aromatic carbocycles. The van der Waals surface area contributed by atoms with Crippen LogP contribution >= 0.6 is 11.6 Å². The molecule has 1 nitrogen and oxygen atoms in total. The topological polar surface area (TPSA) is 12.0 Å². The Balaban J connectivity index is 2.16. The lowest BCUT2D eigenvalue weighted by atomic mass is 10.0. The summed E-state index contributed by atoms with van der Waals surface area (Å²) in [7, 11) is 0. The lowest BCUT2D eigenvalue weighted by Gasteiger charge is -2.12. The molecule has 1 aliphatic heterocycles. The van der Waals surface area contributed by atoms with E-state index in [-0.39, 0.29) is 5.82 Å². The van der Waals surface area contributed by atoms with Crippen LogP contribution in [0.25, 0.3) is 0 Å². The van der Waals surface area contributed by atoms with Crippen molar-refractivity contribution in [1.29, 1.82) is 0 Å². The zero-order chi connectivity index (χ0) is 10.8. The zero-order valence-electron chi connectivity index (χ0n) is 8.82. The van der Waals surface area contributed by atoms with Crippen molar-refractivity contribution in [3.05, 3.63) is 34.1 Å². The molecule has 3 heteroatoms. The maximum absolute atomic E-state index is 13.4. The van der Waals surface area contributed by atoms with Crippen LogP contribution in [0.5, 0.6) is 0 Å². The molecule has 82 valence electrons. The van der Waals surface area contributed by atoms with Crippen LogP contribution in [0, 0.1) is 12.7 Å². The molecular weight excluding hydrogens is 213 g/mol. The molecule has 0 bridgehead atoms. The third-order valence-corrected chi connectivity index (χ3v) is 3.31. The number of halogens is 2. The van der Waals surface area contributed by atoms with Crippen LogP contribution < -0.4 is 5.32 Å². The van der Waals surface area contributed by atoms with E-state index in [2.05, 4.69) is 5.32 Å². The highest BCUT2D eigenvalue weighted by Crippen LogP contribution is 2.23. The summed E-state index contributed by atoms with van der Waals surface area (Å²) in [4.78, 5) is 0. The lowest BCUT2D eigenvalue weighted by molar-refractivity contribution is 0.590. The highest BCUT2D eigenvalue weighted by Gasteiger charge is 2.16. The van der Waals surface area contributed by atoms with Crippen molar-refractivity contribution in [2.24, 2.45) is 0 Å². The molecule has 0 amide bonds. The molecular formula is C12H15ClFN. The molecule has 1 heterocycles. The zero-order valence-corrected chi connectivity index (χ0v) is 9.57. The fraction of sp³-hybridized carbons (Fsp3) is 0.500. The fourth-order valence-electron chi connectivity index (χ4n) is 2.04. The smallest absolute Gasteiger partial charge is 0.126 e. The van der Waals surface area contributed by atoms with Gasteiger partial charge in [-0.1, -0.05) is 11.6 Å². The number of hydrogen-bond donors (Lipinski definition) is 1. The van der Waals surface area contributed by atoms with Gasteiger partial charge in [0.05, 0.1) is 0 Å². The van der Waals surface area contributed by atoms with Crippen LogP contribution in [0.1, 0.15) is 24.0 Å². The first-order chi connectivity index (χ1) is 7.16. The molecule has 2 rings (SSSR count). The Hall–Kier alpha value is -0.600. The van der Waals surface area contributed by atoms with Gasteiger partial charge in [0.15, 0.2) is 0 Å². The second kappa shape index (κ2) is 4.50. The van der Waals surface area contributed by atoms with E-state index < -0.39 is 0 Å². The first-order valence-electron chi connectivity index (χ1n) is 5.34. The van der Waals surface area contributed by atoms with E-state index in [0.717, 1.165) is 24.9 Å². The maximum atomic E-state index is 13.4. The Kier molecular flexibility index (Phi) is 3.27. The Bertz CT molecular complexity index is 359. The van der Waals surface area contributed by atoms with Crippen LogP contribution in [0.15, 0.2) is 12.1 Å². The van der Waals surface area contributed by atoms with Gasteiger partial charge in [-0.15, -0.1) is 0 Å². The fourth-order valence-corrected chi connectivity index (χ4v) is 2.34. The second-order valence-electron chi connectivity index (χ2n) is 4.19. The van der Waals surface area contributed by atoms with E-state index in [9.17, 15) is 4.39 Å². The minimum Gasteiger partial charge on any atom is -0.314 e. The van der Waals surface area contributed by atoms with Crippen molar-refractivity contribution in [3.63, 3.8) is 0 Å². The van der Waals surface area contributed by atoms with Crippen LogP contribution in [0.4, 0.5) is 4.39 Å². The molecule has 1 saturated heterocycles. The second-order valence-corrected chi connectivity index (χ2v) is 4.60. The number of benzene rings is 1. The summed E-state index contributed by atoms with van der Waals surface area (Å²) >= 11 is 6.09. The Labute approximate surface area is 94.6 Å². The third-order valence-electron chi connectivity index (χ3n) is 2.96. The van der Waals surface area contributed by atoms with Gasteiger partial charge in [0.2, 0.25) is 0 Å². The molecule has 0 aliphatic carbocycles. The third kappa shape index (κ3) is 2.50. The van der Waals surface area contributed by atoms with Crippen molar-refractivity contribution in [3.8, 4) is 0 Å². The predicted octanol–water partition coefficient (Wildman–Crippen LogP) is 3.08. The largest absolute Gasteiger partial charge is 0.314 e. The van der Waals surface area contributed by atoms with Crippen LogP contribution in [-0.2, 0) is 6.42 Å². The van der Waals surface area contributed by atoms with Crippen molar-refractivity contribution in [2.75, 3.05) is 6.54 Å². The molecule has 1 unspecified atom stereocenters. The normalized spacial score (nSPS) is 20.9. The standard InChI is InChI=1S/C12H15ClFN/c1-8-5-11(13)9(7-12(8)14)6-10-3-2-4-15-10/h5,7,10,15H,2-4,6H2,1H3. The summed E-state index contributed by atoms with van der Waals surface area (Å²) in [6.45, 7) is 2.80. The summed E-state index contributed by atoms with van der Waals surface area (Å²) in [6.07, 6.45) is 3.19. The Morgan fingerprint density at radius 1 is 1.53 bits per heavy atom. The highest BCUT2D eigenvalue weighted by atomic mass is 35.5. The van der Waals surface area contributed by atoms with Gasteiger partial charge in [0.25, 0.3) is 0 Å². The summed E-state index contributed by atoms with van der Waals surface area (Å²) in [5, 5.41) is 4.07. The monoisotopic (exact) mass is 227 g/mol. The van der Waals surface area contributed by atoms with Crippen molar-refractivity contribution in [2.45, 2.75) is 32.2 Å². The van der Waals surface area contributed by atoms with E-state index >= 15 is 0 Å². The van der Waals surface area contributed by atoms with E-state index in [1.165, 1.54) is 6.42 Å². The molecule has 0 aromatic heterocycles. The molecule has 1 aliphatic rings. The molecule has 0 saturated carbocycles. The van der Waals surface area contributed by atoms with E-state index in [1.807, 2.05) is 0 Å². The van der Waals surface area contributed by atoms with Gasteiger partial charge in [0.1, 0.15) is 5.82 Å². The Morgan fingerprint density at radius 2 is 2.33 bits per heavy atom. The molecule has 0 spiro atoms. The van der Waals surface area contributed by atoms with E-state index in [1.54, 1.807) is 19.1 Å².